The third-order valence-corrected chi connectivity index (χ3v) is 3.20. The van der Waals surface area contributed by atoms with E-state index in [4.69, 9.17) is 5.11 Å². The van der Waals surface area contributed by atoms with Crippen LogP contribution in [0.1, 0.15) is 25.1 Å². The van der Waals surface area contributed by atoms with Crippen LogP contribution >= 0.6 is 0 Å². The third-order valence-electron chi connectivity index (χ3n) is 3.20. The summed E-state index contributed by atoms with van der Waals surface area (Å²) in [5.41, 5.74) is 1.27. The first-order chi connectivity index (χ1) is 6.81. The number of nitrogens with zero attached hydrogens (tertiary/aromatic N) is 1. The van der Waals surface area contributed by atoms with Gasteiger partial charge in [0.15, 0.2) is 0 Å². The minimum absolute atomic E-state index is 0.327. The van der Waals surface area contributed by atoms with E-state index in [0.717, 1.165) is 19.5 Å². The molecule has 3 nitrogen and oxygen atoms in total. The third kappa shape index (κ3) is 1.83. The van der Waals surface area contributed by atoms with Crippen LogP contribution in [-0.4, -0.2) is 34.7 Å². The number of hydrogen-bond donors (Lipinski definition) is 2. The van der Waals surface area contributed by atoms with E-state index in [0.29, 0.717) is 18.6 Å². The second-order valence-corrected chi connectivity index (χ2v) is 4.13. The number of likely N-dealkylation sites (tertiary alicyclic amines) is 1. The van der Waals surface area contributed by atoms with E-state index in [1.165, 1.54) is 5.69 Å². The lowest BCUT2D eigenvalue weighted by Crippen LogP contribution is -2.25. The number of rotatable bonds is 3. The molecule has 1 aliphatic heterocycles. The Morgan fingerprint density at radius 3 is 3.14 bits per heavy atom. The van der Waals surface area contributed by atoms with Gasteiger partial charge in [-0.15, -0.1) is 0 Å². The molecule has 14 heavy (non-hydrogen) atoms. The zero-order valence-electron chi connectivity index (χ0n) is 8.61. The second-order valence-electron chi connectivity index (χ2n) is 4.13. The highest BCUT2D eigenvalue weighted by molar-refractivity contribution is 5.08. The highest BCUT2D eigenvalue weighted by Gasteiger charge is 2.26. The molecule has 0 unspecified atom stereocenters. The molecule has 2 atom stereocenters. The van der Waals surface area contributed by atoms with Gasteiger partial charge in [0.05, 0.1) is 0 Å². The van der Waals surface area contributed by atoms with Crippen LogP contribution in [0.2, 0.25) is 0 Å². The maximum atomic E-state index is 9.06. The maximum Gasteiger partial charge on any atom is 0.0471 e. The van der Waals surface area contributed by atoms with Crippen LogP contribution < -0.4 is 0 Å². The molecule has 0 saturated carbocycles. The predicted molar refractivity (Wildman–Crippen MR) is 56.0 cm³/mol. The molecule has 2 rings (SSSR count). The lowest BCUT2D eigenvalue weighted by atomic mass is 10.1. The summed E-state index contributed by atoms with van der Waals surface area (Å²) in [6.45, 7) is 4.67. The van der Waals surface area contributed by atoms with Crippen molar-refractivity contribution in [3.8, 4) is 0 Å². The molecule has 2 N–H and O–H groups in total. The standard InChI is InChI=1S/C11H18N2O/c1-9(11-3-2-5-12-11)13-6-4-10(7-13)8-14/h2-3,5,9-10,12,14H,4,6-8H2,1H3/t9-,10+/m1/s1. The van der Waals surface area contributed by atoms with Crippen LogP contribution in [0, 0.1) is 5.92 Å². The van der Waals surface area contributed by atoms with Crippen molar-refractivity contribution in [3.05, 3.63) is 24.0 Å². The lowest BCUT2D eigenvalue weighted by Gasteiger charge is -2.23. The molecule has 1 aromatic rings. The van der Waals surface area contributed by atoms with Crippen LogP contribution in [-0.2, 0) is 0 Å². The van der Waals surface area contributed by atoms with E-state index in [2.05, 4.69) is 22.9 Å². The lowest BCUT2D eigenvalue weighted by molar-refractivity contribution is 0.203. The Morgan fingerprint density at radius 1 is 1.71 bits per heavy atom. The van der Waals surface area contributed by atoms with Crippen molar-refractivity contribution in [3.63, 3.8) is 0 Å². The summed E-state index contributed by atoms with van der Waals surface area (Å²) >= 11 is 0. The summed E-state index contributed by atoms with van der Waals surface area (Å²) in [4.78, 5) is 5.67. The van der Waals surface area contributed by atoms with Crippen LogP contribution in [0.4, 0.5) is 0 Å². The molecule has 0 amide bonds. The minimum Gasteiger partial charge on any atom is -0.396 e. The zero-order chi connectivity index (χ0) is 9.97. The van der Waals surface area contributed by atoms with Crippen molar-refractivity contribution in [2.24, 2.45) is 5.92 Å². The van der Waals surface area contributed by atoms with E-state index >= 15 is 0 Å². The molecule has 78 valence electrons. The maximum absolute atomic E-state index is 9.06. The number of aromatic nitrogens is 1. The molecule has 1 fully saturated rings. The van der Waals surface area contributed by atoms with Crippen LogP contribution in [0.5, 0.6) is 0 Å². The number of nitrogens with one attached hydrogen (secondary N) is 1. The first-order valence-electron chi connectivity index (χ1n) is 5.29. The average Bonchev–Trinajstić information content (AvgIpc) is 2.88. The Bertz CT molecular complexity index is 271. The summed E-state index contributed by atoms with van der Waals surface area (Å²) in [6, 6.07) is 4.60. The van der Waals surface area contributed by atoms with Crippen LogP contribution in [0.15, 0.2) is 18.3 Å². The second kappa shape index (κ2) is 4.15. The number of H-pyrrole nitrogens is 1. The Kier molecular flexibility index (Phi) is 2.89. The molecule has 0 spiro atoms. The van der Waals surface area contributed by atoms with Gasteiger partial charge in [0.2, 0.25) is 0 Å². The van der Waals surface area contributed by atoms with Gasteiger partial charge < -0.3 is 10.1 Å². The summed E-state index contributed by atoms with van der Waals surface area (Å²) < 4.78 is 0. The Hall–Kier alpha value is -0.800. The van der Waals surface area contributed by atoms with Gasteiger partial charge in [-0.25, -0.2) is 0 Å². The predicted octanol–water partition coefficient (Wildman–Crippen LogP) is 1.39. The molecule has 0 aliphatic carbocycles. The van der Waals surface area contributed by atoms with Crippen molar-refractivity contribution in [1.29, 1.82) is 0 Å². The average molecular weight is 194 g/mol. The van der Waals surface area contributed by atoms with E-state index in [9.17, 15) is 0 Å². The van der Waals surface area contributed by atoms with Gasteiger partial charge in [0.25, 0.3) is 0 Å². The first-order valence-corrected chi connectivity index (χ1v) is 5.29. The van der Waals surface area contributed by atoms with E-state index in [1.54, 1.807) is 0 Å². The highest BCUT2D eigenvalue weighted by atomic mass is 16.3. The molecule has 0 bridgehead atoms. The fraction of sp³-hybridized carbons (Fsp3) is 0.636. The quantitative estimate of drug-likeness (QED) is 0.763. The molecule has 1 aliphatic rings. The molecular formula is C11H18N2O. The van der Waals surface area contributed by atoms with Gasteiger partial charge in [-0.3, -0.25) is 4.90 Å². The largest absolute Gasteiger partial charge is 0.396 e. The minimum atomic E-state index is 0.327. The van der Waals surface area contributed by atoms with Crippen molar-refractivity contribution in [2.45, 2.75) is 19.4 Å². The molecular weight excluding hydrogens is 176 g/mol. The van der Waals surface area contributed by atoms with Gasteiger partial charge >= 0.3 is 0 Å². The first kappa shape index (κ1) is 9.74. The van der Waals surface area contributed by atoms with Gasteiger partial charge in [-0.2, -0.15) is 0 Å². The number of hydrogen-bond acceptors (Lipinski definition) is 2. The fourth-order valence-corrected chi connectivity index (χ4v) is 2.16. The topological polar surface area (TPSA) is 39.3 Å². The summed E-state index contributed by atoms with van der Waals surface area (Å²) in [6.07, 6.45) is 3.09. The van der Waals surface area contributed by atoms with Gasteiger partial charge in [0, 0.05) is 31.1 Å². The summed E-state index contributed by atoms with van der Waals surface area (Å²) in [5.74, 6) is 0.479. The smallest absolute Gasteiger partial charge is 0.0471 e. The van der Waals surface area contributed by atoms with Gasteiger partial charge in [-0.1, -0.05) is 0 Å². The monoisotopic (exact) mass is 194 g/mol. The molecule has 1 saturated heterocycles. The van der Waals surface area contributed by atoms with Crippen molar-refractivity contribution < 1.29 is 5.11 Å². The molecule has 1 aromatic heterocycles. The highest BCUT2D eigenvalue weighted by Crippen LogP contribution is 2.25. The fourth-order valence-electron chi connectivity index (χ4n) is 2.16. The van der Waals surface area contributed by atoms with E-state index < -0.39 is 0 Å². The van der Waals surface area contributed by atoms with Crippen molar-refractivity contribution >= 4 is 0 Å². The van der Waals surface area contributed by atoms with Gasteiger partial charge in [0.1, 0.15) is 0 Å². The Balaban J connectivity index is 1.97. The number of aliphatic hydroxyl groups is 1. The van der Waals surface area contributed by atoms with E-state index in [1.807, 2.05) is 12.3 Å². The molecule has 0 aromatic carbocycles. The van der Waals surface area contributed by atoms with Gasteiger partial charge in [-0.05, 0) is 37.9 Å². The van der Waals surface area contributed by atoms with Crippen LogP contribution in [0.25, 0.3) is 0 Å². The normalized spacial score (nSPS) is 25.4. The zero-order valence-corrected chi connectivity index (χ0v) is 8.61. The van der Waals surface area contributed by atoms with Crippen molar-refractivity contribution in [1.82, 2.24) is 9.88 Å². The van der Waals surface area contributed by atoms with Crippen molar-refractivity contribution in [2.75, 3.05) is 19.7 Å². The summed E-state index contributed by atoms with van der Waals surface area (Å²) in [7, 11) is 0. The number of aliphatic hydroxyl groups excluding tert-OH is 1. The molecule has 3 heteroatoms. The Labute approximate surface area is 84.7 Å². The Morgan fingerprint density at radius 2 is 2.57 bits per heavy atom. The summed E-state index contributed by atoms with van der Waals surface area (Å²) in [5, 5.41) is 9.06. The van der Waals surface area contributed by atoms with Crippen LogP contribution in [0.3, 0.4) is 0 Å². The van der Waals surface area contributed by atoms with E-state index in [-0.39, 0.29) is 0 Å². The SMILES string of the molecule is C[C@H](c1ccc[nH]1)N1CC[C@H](CO)C1. The molecule has 0 radical (unpaired) electrons. The number of aromatic amines is 1. The molecule has 2 heterocycles.